The molecule has 0 fully saturated rings. The molecule has 1 aromatic rings. The van der Waals surface area contributed by atoms with Crippen LogP contribution < -0.4 is 5.32 Å². The molecule has 0 radical (unpaired) electrons. The average Bonchev–Trinajstić information content (AvgIpc) is 2.72. The first-order valence-electron chi connectivity index (χ1n) is 5.14. The van der Waals surface area contributed by atoms with E-state index < -0.39 is 11.4 Å². The number of aliphatic carboxylic acids is 1. The Hall–Kier alpha value is -0.630. The zero-order valence-corrected chi connectivity index (χ0v) is 12.6. The molecule has 0 aliphatic rings. The van der Waals surface area contributed by atoms with Crippen LogP contribution in [0.25, 0.3) is 0 Å². The summed E-state index contributed by atoms with van der Waals surface area (Å²) in [5, 5.41) is 13.5. The molecule has 1 aromatic heterocycles. The Morgan fingerprint density at radius 3 is 2.65 bits per heavy atom. The summed E-state index contributed by atoms with van der Waals surface area (Å²) in [6.07, 6.45) is 0.476. The predicted molar refractivity (Wildman–Crippen MR) is 75.4 cm³/mol. The van der Waals surface area contributed by atoms with E-state index in [1.807, 2.05) is 0 Å². The molecule has 94 valence electrons. The maximum atomic E-state index is 11.7. The molecule has 0 saturated carbocycles. The molecule has 1 rings (SSSR count). The second-order valence-corrected chi connectivity index (χ2v) is 6.85. The molecule has 6 heteroatoms. The lowest BCUT2D eigenvalue weighted by atomic mass is 9.87. The highest BCUT2D eigenvalue weighted by atomic mass is 127. The Kier molecular flexibility index (Phi) is 4.93. The van der Waals surface area contributed by atoms with Crippen LogP contribution in [0.4, 0.5) is 0 Å². The third-order valence-electron chi connectivity index (χ3n) is 2.77. The van der Waals surface area contributed by atoms with E-state index in [1.54, 1.807) is 25.3 Å². The fraction of sp³-hybridized carbons (Fsp3) is 0.455. The summed E-state index contributed by atoms with van der Waals surface area (Å²) in [6, 6.07) is 1.78. The van der Waals surface area contributed by atoms with E-state index in [2.05, 4.69) is 27.9 Å². The molecule has 0 spiro atoms. The molecule has 0 aliphatic heterocycles. The molecule has 1 atom stereocenters. The van der Waals surface area contributed by atoms with E-state index in [0.717, 1.165) is 2.88 Å². The first-order valence-corrected chi connectivity index (χ1v) is 7.10. The second kappa shape index (κ2) is 5.81. The number of halogens is 1. The van der Waals surface area contributed by atoms with Gasteiger partial charge < -0.3 is 10.4 Å². The van der Waals surface area contributed by atoms with Gasteiger partial charge in [-0.1, -0.05) is 6.92 Å². The van der Waals surface area contributed by atoms with E-state index in [-0.39, 0.29) is 12.5 Å². The third-order valence-corrected chi connectivity index (χ3v) is 4.55. The number of nitrogens with one attached hydrogen (secondary N) is 1. The van der Waals surface area contributed by atoms with Gasteiger partial charge in [0.1, 0.15) is 0 Å². The lowest BCUT2D eigenvalue weighted by Crippen LogP contribution is -2.40. The van der Waals surface area contributed by atoms with E-state index in [1.165, 1.54) is 11.3 Å². The number of carbonyl (C=O) groups is 2. The number of hydrogen-bond acceptors (Lipinski definition) is 3. The quantitative estimate of drug-likeness (QED) is 0.787. The number of carboxylic acids is 1. The number of carboxylic acid groups (broad SMARTS) is 1. The number of amides is 1. The van der Waals surface area contributed by atoms with Crippen LogP contribution in [0.2, 0.25) is 0 Å². The minimum atomic E-state index is -0.904. The summed E-state index contributed by atoms with van der Waals surface area (Å²) in [7, 11) is 0. The Bertz CT molecular complexity index is 432. The molecular formula is C11H14INO3S. The maximum Gasteiger partial charge on any atom is 0.311 e. The SMILES string of the molecule is CCC(C)(CNC(=O)c1csc(I)c1)C(=O)O. The van der Waals surface area contributed by atoms with Crippen molar-refractivity contribution in [2.75, 3.05) is 6.54 Å². The Morgan fingerprint density at radius 2 is 2.24 bits per heavy atom. The summed E-state index contributed by atoms with van der Waals surface area (Å²) in [4.78, 5) is 22.8. The summed E-state index contributed by atoms with van der Waals surface area (Å²) in [6.45, 7) is 3.57. The minimum absolute atomic E-state index is 0.143. The number of carbonyl (C=O) groups excluding carboxylic acids is 1. The number of hydrogen-bond donors (Lipinski definition) is 2. The topological polar surface area (TPSA) is 66.4 Å². The van der Waals surface area contributed by atoms with Crippen molar-refractivity contribution in [3.63, 3.8) is 0 Å². The largest absolute Gasteiger partial charge is 0.481 e. The normalized spacial score (nSPS) is 14.1. The van der Waals surface area contributed by atoms with Crippen molar-refractivity contribution < 1.29 is 14.7 Å². The van der Waals surface area contributed by atoms with Crippen molar-refractivity contribution in [2.24, 2.45) is 5.41 Å². The molecule has 2 N–H and O–H groups in total. The number of thiophene rings is 1. The first-order chi connectivity index (χ1) is 7.89. The highest BCUT2D eigenvalue weighted by Gasteiger charge is 2.31. The van der Waals surface area contributed by atoms with Crippen molar-refractivity contribution in [1.82, 2.24) is 5.32 Å². The smallest absolute Gasteiger partial charge is 0.311 e. The van der Waals surface area contributed by atoms with E-state index in [9.17, 15) is 9.59 Å². The van der Waals surface area contributed by atoms with Crippen molar-refractivity contribution in [1.29, 1.82) is 0 Å². The van der Waals surface area contributed by atoms with Crippen molar-refractivity contribution in [3.8, 4) is 0 Å². The van der Waals surface area contributed by atoms with Crippen molar-refractivity contribution >= 4 is 45.8 Å². The van der Waals surface area contributed by atoms with Gasteiger partial charge in [0.15, 0.2) is 0 Å². The zero-order chi connectivity index (χ0) is 13.1. The van der Waals surface area contributed by atoms with Crippen LogP contribution in [-0.2, 0) is 4.79 Å². The van der Waals surface area contributed by atoms with Gasteiger partial charge in [-0.2, -0.15) is 0 Å². The molecular weight excluding hydrogens is 353 g/mol. The molecule has 1 unspecified atom stereocenters. The summed E-state index contributed by atoms with van der Waals surface area (Å²) in [5.74, 6) is -1.11. The van der Waals surface area contributed by atoms with Crippen LogP contribution in [-0.4, -0.2) is 23.5 Å². The Labute approximate surface area is 118 Å². The van der Waals surface area contributed by atoms with Gasteiger partial charge in [-0.05, 0) is 42.0 Å². The van der Waals surface area contributed by atoms with Gasteiger partial charge in [0.2, 0.25) is 0 Å². The molecule has 1 heterocycles. The van der Waals surface area contributed by atoms with Crippen molar-refractivity contribution in [3.05, 3.63) is 19.9 Å². The maximum absolute atomic E-state index is 11.7. The number of rotatable bonds is 5. The molecule has 0 bridgehead atoms. The third kappa shape index (κ3) is 3.67. The fourth-order valence-corrected chi connectivity index (χ4v) is 2.48. The summed E-state index contributed by atoms with van der Waals surface area (Å²) in [5.41, 5.74) is -0.318. The lowest BCUT2D eigenvalue weighted by molar-refractivity contribution is -0.147. The van der Waals surface area contributed by atoms with Crippen LogP contribution in [0.5, 0.6) is 0 Å². The van der Waals surface area contributed by atoms with Gasteiger partial charge in [-0.25, -0.2) is 0 Å². The summed E-state index contributed by atoms with van der Waals surface area (Å²) >= 11 is 3.63. The van der Waals surface area contributed by atoms with Crippen LogP contribution >= 0.6 is 33.9 Å². The van der Waals surface area contributed by atoms with Gasteiger partial charge in [-0.3, -0.25) is 9.59 Å². The van der Waals surface area contributed by atoms with Gasteiger partial charge in [0.05, 0.1) is 13.9 Å². The van der Waals surface area contributed by atoms with Gasteiger partial charge in [-0.15, -0.1) is 11.3 Å². The first kappa shape index (κ1) is 14.4. The standard InChI is InChI=1S/C11H14INO3S/c1-3-11(2,10(15)16)6-13-9(14)7-4-8(12)17-5-7/h4-5H,3,6H2,1-2H3,(H,13,14)(H,15,16). The molecule has 0 saturated heterocycles. The average molecular weight is 367 g/mol. The van der Waals surface area contributed by atoms with E-state index in [4.69, 9.17) is 5.11 Å². The van der Waals surface area contributed by atoms with Crippen LogP contribution in [0, 0.1) is 8.30 Å². The monoisotopic (exact) mass is 367 g/mol. The van der Waals surface area contributed by atoms with Crippen LogP contribution in [0.3, 0.4) is 0 Å². The van der Waals surface area contributed by atoms with Gasteiger partial charge >= 0.3 is 5.97 Å². The van der Waals surface area contributed by atoms with Crippen molar-refractivity contribution in [2.45, 2.75) is 20.3 Å². The van der Waals surface area contributed by atoms with Gasteiger partial charge in [0, 0.05) is 11.9 Å². The molecule has 1 amide bonds. The highest BCUT2D eigenvalue weighted by molar-refractivity contribution is 14.1. The lowest BCUT2D eigenvalue weighted by Gasteiger charge is -2.22. The highest BCUT2D eigenvalue weighted by Crippen LogP contribution is 2.21. The van der Waals surface area contributed by atoms with E-state index in [0.29, 0.717) is 12.0 Å². The van der Waals surface area contributed by atoms with Crippen LogP contribution in [0.15, 0.2) is 11.4 Å². The molecule has 4 nitrogen and oxygen atoms in total. The Morgan fingerprint density at radius 1 is 1.59 bits per heavy atom. The predicted octanol–water partition coefficient (Wildman–Crippen LogP) is 2.58. The fourth-order valence-electron chi connectivity index (χ4n) is 1.16. The Balaban J connectivity index is 2.62. The molecule has 17 heavy (non-hydrogen) atoms. The molecule has 0 aliphatic carbocycles. The summed E-state index contributed by atoms with van der Waals surface area (Å²) < 4.78 is 1.03. The minimum Gasteiger partial charge on any atom is -0.481 e. The second-order valence-electron chi connectivity index (χ2n) is 4.04. The molecule has 0 aromatic carbocycles. The zero-order valence-electron chi connectivity index (χ0n) is 9.62. The van der Waals surface area contributed by atoms with Gasteiger partial charge in [0.25, 0.3) is 5.91 Å². The van der Waals surface area contributed by atoms with E-state index >= 15 is 0 Å². The van der Waals surface area contributed by atoms with Crippen LogP contribution in [0.1, 0.15) is 30.6 Å².